The second-order valence-corrected chi connectivity index (χ2v) is 4.29. The van der Waals surface area contributed by atoms with Gasteiger partial charge in [-0.3, -0.25) is 0 Å². The minimum atomic E-state index is -4.59. The molecule has 100 valence electrons. The van der Waals surface area contributed by atoms with Crippen LogP contribution in [-0.4, -0.2) is 25.5 Å². The van der Waals surface area contributed by atoms with Gasteiger partial charge in [-0.1, -0.05) is 17.7 Å². The van der Waals surface area contributed by atoms with Crippen LogP contribution in [0.2, 0.25) is 5.02 Å². The highest BCUT2D eigenvalue weighted by atomic mass is 35.5. The van der Waals surface area contributed by atoms with Gasteiger partial charge < -0.3 is 9.47 Å². The quantitative estimate of drug-likeness (QED) is 0.623. The Kier molecular flexibility index (Phi) is 3.79. The molecule has 2 nitrogen and oxygen atoms in total. The zero-order valence-electron chi connectivity index (χ0n) is 9.01. The number of benzene rings is 1. The van der Waals surface area contributed by atoms with Crippen LogP contribution in [0.5, 0.6) is 0 Å². The van der Waals surface area contributed by atoms with Crippen molar-refractivity contribution in [1.82, 2.24) is 0 Å². The van der Waals surface area contributed by atoms with Crippen molar-refractivity contribution in [3.05, 3.63) is 34.6 Å². The first kappa shape index (κ1) is 13.6. The Hall–Kier alpha value is -0.850. The molecule has 0 unspecified atom stereocenters. The summed E-state index contributed by atoms with van der Waals surface area (Å²) in [4.78, 5) is 0. The molecular formula is C11H9ClF4O2. The molecule has 1 aromatic rings. The molecule has 1 fully saturated rings. The topological polar surface area (TPSA) is 21.8 Å². The lowest BCUT2D eigenvalue weighted by molar-refractivity contribution is -0.224. The van der Waals surface area contributed by atoms with Crippen LogP contribution in [0.1, 0.15) is 11.7 Å². The van der Waals surface area contributed by atoms with Gasteiger partial charge in [0.15, 0.2) is 6.10 Å². The van der Waals surface area contributed by atoms with Crippen molar-refractivity contribution in [1.29, 1.82) is 0 Å². The van der Waals surface area contributed by atoms with Crippen molar-refractivity contribution in [3.8, 4) is 0 Å². The summed E-state index contributed by atoms with van der Waals surface area (Å²) in [5, 5.41) is -0.368. The standard InChI is InChI=1S/C11H9ClF4O2/c12-8-3-6(1-2-9(8)13)10(11(14,15)16)18-5-7-4-17-7/h1-3,7,10H,4-5H2/t7-,10+/m0/s1. The summed E-state index contributed by atoms with van der Waals surface area (Å²) >= 11 is 5.46. The molecule has 1 aliphatic heterocycles. The van der Waals surface area contributed by atoms with Crippen molar-refractivity contribution >= 4 is 11.6 Å². The summed E-state index contributed by atoms with van der Waals surface area (Å²) in [5.41, 5.74) is -0.227. The van der Waals surface area contributed by atoms with Gasteiger partial charge >= 0.3 is 6.18 Å². The number of rotatable bonds is 4. The average molecular weight is 285 g/mol. The molecule has 1 aromatic carbocycles. The molecule has 2 atom stereocenters. The van der Waals surface area contributed by atoms with Crippen LogP contribution < -0.4 is 0 Å². The van der Waals surface area contributed by atoms with Crippen LogP contribution in [0.3, 0.4) is 0 Å². The first-order valence-electron chi connectivity index (χ1n) is 5.13. The van der Waals surface area contributed by atoms with Crippen LogP contribution in [0, 0.1) is 5.82 Å². The zero-order valence-corrected chi connectivity index (χ0v) is 9.76. The fraction of sp³-hybridized carbons (Fsp3) is 0.455. The normalized spacial score (nSPS) is 20.8. The molecule has 0 bridgehead atoms. The van der Waals surface area contributed by atoms with Gasteiger partial charge in [0.2, 0.25) is 0 Å². The third-order valence-corrected chi connectivity index (χ3v) is 2.68. The van der Waals surface area contributed by atoms with Crippen LogP contribution in [-0.2, 0) is 9.47 Å². The minimum absolute atomic E-state index is 0.154. The lowest BCUT2D eigenvalue weighted by atomic mass is 10.1. The van der Waals surface area contributed by atoms with Crippen molar-refractivity contribution < 1.29 is 27.0 Å². The summed E-state index contributed by atoms with van der Waals surface area (Å²) < 4.78 is 60.9. The largest absolute Gasteiger partial charge is 0.418 e. The van der Waals surface area contributed by atoms with Crippen molar-refractivity contribution in [2.24, 2.45) is 0 Å². The Morgan fingerprint density at radius 2 is 2.11 bits per heavy atom. The highest BCUT2D eigenvalue weighted by Crippen LogP contribution is 2.37. The maximum Gasteiger partial charge on any atom is 0.418 e. The first-order chi connectivity index (χ1) is 8.38. The van der Waals surface area contributed by atoms with Crippen molar-refractivity contribution in [3.63, 3.8) is 0 Å². The Morgan fingerprint density at radius 3 is 2.61 bits per heavy atom. The van der Waals surface area contributed by atoms with Crippen LogP contribution in [0.15, 0.2) is 18.2 Å². The van der Waals surface area contributed by atoms with Gasteiger partial charge in [0.05, 0.1) is 18.2 Å². The average Bonchev–Trinajstić information content (AvgIpc) is 3.05. The Morgan fingerprint density at radius 1 is 1.44 bits per heavy atom. The van der Waals surface area contributed by atoms with E-state index in [4.69, 9.17) is 21.1 Å². The summed E-state index contributed by atoms with van der Waals surface area (Å²) in [5.74, 6) is -0.771. The van der Waals surface area contributed by atoms with Gasteiger partial charge in [-0.05, 0) is 17.7 Å². The maximum atomic E-state index is 12.9. The molecule has 0 spiro atoms. The van der Waals surface area contributed by atoms with E-state index in [1.807, 2.05) is 0 Å². The molecule has 0 N–H and O–H groups in total. The van der Waals surface area contributed by atoms with Crippen molar-refractivity contribution in [2.45, 2.75) is 18.4 Å². The van der Waals surface area contributed by atoms with E-state index in [-0.39, 0.29) is 23.3 Å². The minimum Gasteiger partial charge on any atom is -0.371 e. The SMILES string of the molecule is Fc1ccc([C@@H](OC[C@@H]2CO2)C(F)(F)F)cc1Cl. The molecule has 7 heteroatoms. The van der Waals surface area contributed by atoms with Crippen molar-refractivity contribution in [2.75, 3.05) is 13.2 Å². The molecule has 0 radical (unpaired) electrons. The smallest absolute Gasteiger partial charge is 0.371 e. The molecule has 1 saturated heterocycles. The Balaban J connectivity index is 2.17. The summed E-state index contributed by atoms with van der Waals surface area (Å²) in [7, 11) is 0. The maximum absolute atomic E-state index is 12.9. The van der Waals surface area contributed by atoms with Crippen LogP contribution >= 0.6 is 11.6 Å². The molecule has 2 rings (SSSR count). The fourth-order valence-corrected chi connectivity index (χ4v) is 1.61. The van der Waals surface area contributed by atoms with Gasteiger partial charge in [-0.25, -0.2) is 4.39 Å². The van der Waals surface area contributed by atoms with Crippen LogP contribution in [0.25, 0.3) is 0 Å². The number of ether oxygens (including phenoxy) is 2. The molecule has 18 heavy (non-hydrogen) atoms. The predicted octanol–water partition coefficient (Wildman–Crippen LogP) is 3.50. The number of alkyl halides is 3. The second kappa shape index (κ2) is 5.03. The number of halogens is 5. The number of epoxide rings is 1. The number of hydrogen-bond acceptors (Lipinski definition) is 2. The van der Waals surface area contributed by atoms with Gasteiger partial charge in [0.1, 0.15) is 11.9 Å². The Bertz CT molecular complexity index is 432. The molecular weight excluding hydrogens is 276 g/mol. The number of hydrogen-bond donors (Lipinski definition) is 0. The van der Waals surface area contributed by atoms with E-state index >= 15 is 0 Å². The lowest BCUT2D eigenvalue weighted by Crippen LogP contribution is -2.25. The lowest BCUT2D eigenvalue weighted by Gasteiger charge is -2.21. The highest BCUT2D eigenvalue weighted by molar-refractivity contribution is 6.30. The first-order valence-corrected chi connectivity index (χ1v) is 5.50. The van der Waals surface area contributed by atoms with Gasteiger partial charge in [0, 0.05) is 0 Å². The van der Waals surface area contributed by atoms with E-state index < -0.39 is 18.1 Å². The Labute approximate surface area is 105 Å². The third-order valence-electron chi connectivity index (χ3n) is 2.39. The second-order valence-electron chi connectivity index (χ2n) is 3.88. The summed E-state index contributed by atoms with van der Waals surface area (Å²) in [6.45, 7) is 0.244. The highest BCUT2D eigenvalue weighted by Gasteiger charge is 2.43. The van der Waals surface area contributed by atoms with E-state index in [1.165, 1.54) is 0 Å². The van der Waals surface area contributed by atoms with E-state index in [1.54, 1.807) is 0 Å². The zero-order chi connectivity index (χ0) is 13.3. The van der Waals surface area contributed by atoms with Crippen LogP contribution in [0.4, 0.5) is 17.6 Å². The third kappa shape index (κ3) is 3.34. The molecule has 1 heterocycles. The van der Waals surface area contributed by atoms with E-state index in [2.05, 4.69) is 0 Å². The van der Waals surface area contributed by atoms with E-state index in [0.717, 1.165) is 18.2 Å². The molecule has 0 aromatic heterocycles. The molecule has 0 saturated carbocycles. The summed E-state index contributed by atoms with van der Waals surface area (Å²) in [6.07, 6.45) is -7.00. The van der Waals surface area contributed by atoms with Gasteiger partial charge in [-0.15, -0.1) is 0 Å². The van der Waals surface area contributed by atoms with E-state index in [9.17, 15) is 17.6 Å². The fourth-order valence-electron chi connectivity index (χ4n) is 1.42. The summed E-state index contributed by atoms with van der Waals surface area (Å²) in [6, 6.07) is 2.81. The predicted molar refractivity (Wildman–Crippen MR) is 55.9 cm³/mol. The molecule has 1 aliphatic rings. The van der Waals surface area contributed by atoms with Gasteiger partial charge in [-0.2, -0.15) is 13.2 Å². The monoisotopic (exact) mass is 284 g/mol. The van der Waals surface area contributed by atoms with E-state index in [0.29, 0.717) is 6.61 Å². The van der Waals surface area contributed by atoms with Gasteiger partial charge in [0.25, 0.3) is 0 Å². The molecule has 0 amide bonds. The molecule has 0 aliphatic carbocycles.